The summed E-state index contributed by atoms with van der Waals surface area (Å²) in [6.07, 6.45) is 0. The lowest BCUT2D eigenvalue weighted by atomic mass is 9.88. The van der Waals surface area contributed by atoms with E-state index in [4.69, 9.17) is 16.5 Å². The summed E-state index contributed by atoms with van der Waals surface area (Å²) in [5.74, 6) is 0.652. The van der Waals surface area contributed by atoms with Crippen LogP contribution in [0.25, 0.3) is 71.8 Å². The van der Waals surface area contributed by atoms with E-state index in [1.807, 2.05) is 66.7 Å². The lowest BCUT2D eigenvalue weighted by molar-refractivity contribution is 1.18. The van der Waals surface area contributed by atoms with Crippen LogP contribution in [0.5, 0.6) is 0 Å². The maximum atomic E-state index is 9.69. The molecule has 0 atom stereocenters. The quantitative estimate of drug-likeness (QED) is 0.197. The average Bonchev–Trinajstić information content (AvgIpc) is 3.11. The zero-order chi connectivity index (χ0) is 29.9. The van der Waals surface area contributed by atoms with Crippen LogP contribution in [0.15, 0.2) is 146 Å². The van der Waals surface area contributed by atoms with E-state index in [1.165, 1.54) is 0 Å². The van der Waals surface area contributed by atoms with Gasteiger partial charge in [-0.25, -0.2) is 14.8 Å². The maximum absolute atomic E-state index is 9.69. The van der Waals surface area contributed by atoms with Crippen LogP contribution in [0.3, 0.4) is 0 Å². The molecular weight excluding hydrogens is 536 g/mol. The van der Waals surface area contributed by atoms with Gasteiger partial charge in [-0.1, -0.05) is 121 Å². The Morgan fingerprint density at radius 3 is 1.80 bits per heavy atom. The maximum Gasteiger partial charge on any atom is 0.189 e. The topological polar surface area (TPSA) is 53.9 Å². The van der Waals surface area contributed by atoms with E-state index in [-0.39, 0.29) is 0 Å². The number of benzene rings is 6. The van der Waals surface area contributed by atoms with Crippen molar-refractivity contribution in [2.45, 2.75) is 0 Å². The molecule has 0 aliphatic rings. The van der Waals surface area contributed by atoms with Gasteiger partial charge in [0.25, 0.3) is 0 Å². The van der Waals surface area contributed by atoms with Crippen molar-refractivity contribution in [1.82, 2.24) is 9.97 Å². The van der Waals surface area contributed by atoms with Crippen LogP contribution in [0.2, 0.25) is 0 Å². The zero-order valence-electron chi connectivity index (χ0n) is 23.6. The molecule has 1 aromatic heterocycles. The van der Waals surface area contributed by atoms with Gasteiger partial charge in [0.15, 0.2) is 11.5 Å². The Balaban J connectivity index is 1.37. The SMILES string of the molecule is [C-]#[N+]c1cc(C#N)cc(-c2c(-c3ccc(-c4nc(-c5ccccc5)cc(-c5ccccc5)n4)cc3)ccc3ccccc23)c1. The van der Waals surface area contributed by atoms with Gasteiger partial charge in [0.1, 0.15) is 0 Å². The highest BCUT2D eigenvalue weighted by Crippen LogP contribution is 2.40. The molecule has 0 amide bonds. The number of nitrogens with zero attached hydrogens (tertiary/aromatic N) is 4. The van der Waals surface area contributed by atoms with Crippen molar-refractivity contribution in [1.29, 1.82) is 5.26 Å². The van der Waals surface area contributed by atoms with Crippen molar-refractivity contribution in [3.63, 3.8) is 0 Å². The van der Waals surface area contributed by atoms with Crippen LogP contribution >= 0.6 is 0 Å². The summed E-state index contributed by atoms with van der Waals surface area (Å²) in [4.78, 5) is 13.6. The minimum atomic E-state index is 0.443. The Morgan fingerprint density at radius 1 is 0.545 bits per heavy atom. The summed E-state index contributed by atoms with van der Waals surface area (Å²) in [5, 5.41) is 11.8. The predicted octanol–water partition coefficient (Wildman–Crippen LogP) is 10.4. The zero-order valence-corrected chi connectivity index (χ0v) is 23.6. The minimum absolute atomic E-state index is 0.443. The van der Waals surface area contributed by atoms with Gasteiger partial charge in [-0.15, -0.1) is 0 Å². The van der Waals surface area contributed by atoms with Gasteiger partial charge in [-0.2, -0.15) is 5.26 Å². The predicted molar refractivity (Wildman–Crippen MR) is 178 cm³/mol. The van der Waals surface area contributed by atoms with Gasteiger partial charge < -0.3 is 0 Å². The summed E-state index contributed by atoms with van der Waals surface area (Å²) in [5.41, 5.74) is 9.48. The lowest BCUT2D eigenvalue weighted by Gasteiger charge is -2.15. The van der Waals surface area contributed by atoms with Gasteiger partial charge in [0.05, 0.1) is 24.0 Å². The lowest BCUT2D eigenvalue weighted by Crippen LogP contribution is -1.96. The van der Waals surface area contributed by atoms with Crippen LogP contribution in [0.4, 0.5) is 5.69 Å². The second kappa shape index (κ2) is 11.5. The van der Waals surface area contributed by atoms with Crippen molar-refractivity contribution in [2.75, 3.05) is 0 Å². The van der Waals surface area contributed by atoms with Crippen molar-refractivity contribution in [3.8, 4) is 62.2 Å². The largest absolute Gasteiger partial charge is 0.238 e. The molecule has 7 aromatic rings. The Bertz CT molecular complexity index is 2130. The molecule has 0 fully saturated rings. The molecule has 0 spiro atoms. The van der Waals surface area contributed by atoms with Gasteiger partial charge >= 0.3 is 0 Å². The van der Waals surface area contributed by atoms with Gasteiger partial charge in [-0.05, 0) is 57.3 Å². The van der Waals surface area contributed by atoms with Crippen molar-refractivity contribution in [2.24, 2.45) is 0 Å². The molecule has 0 aliphatic heterocycles. The molecule has 4 heteroatoms. The molecule has 0 radical (unpaired) electrons. The molecule has 0 saturated heterocycles. The van der Waals surface area contributed by atoms with Gasteiger partial charge in [-0.3, -0.25) is 0 Å². The standard InChI is InChI=1S/C40H24N4/c1-42-34-23-27(26-41)22-33(24-34)39-35-15-9-8-10-28(35)20-21-36(39)29-16-18-32(19-17-29)40-43-37(30-11-4-2-5-12-30)25-38(44-40)31-13-6-3-7-14-31/h2-25H. The Morgan fingerprint density at radius 2 is 1.16 bits per heavy atom. The van der Waals surface area contributed by atoms with Crippen molar-refractivity contribution in [3.05, 3.63) is 163 Å². The van der Waals surface area contributed by atoms with Crippen LogP contribution < -0.4 is 0 Å². The summed E-state index contributed by atoms with van der Waals surface area (Å²) in [6.45, 7) is 7.60. The highest BCUT2D eigenvalue weighted by Gasteiger charge is 2.15. The Hall–Kier alpha value is -6.36. The molecule has 204 valence electrons. The fraction of sp³-hybridized carbons (Fsp3) is 0. The number of hydrogen-bond donors (Lipinski definition) is 0. The van der Waals surface area contributed by atoms with E-state index in [2.05, 4.69) is 83.7 Å². The molecular formula is C40H24N4. The molecule has 0 unspecified atom stereocenters. The third-order valence-electron chi connectivity index (χ3n) is 7.71. The molecule has 44 heavy (non-hydrogen) atoms. The van der Waals surface area contributed by atoms with E-state index >= 15 is 0 Å². The summed E-state index contributed by atoms with van der Waals surface area (Å²) in [7, 11) is 0. The minimum Gasteiger partial charge on any atom is -0.238 e. The number of hydrogen-bond acceptors (Lipinski definition) is 3. The summed E-state index contributed by atoms with van der Waals surface area (Å²) < 4.78 is 0. The third-order valence-corrected chi connectivity index (χ3v) is 7.71. The fourth-order valence-corrected chi connectivity index (χ4v) is 5.60. The molecule has 1 heterocycles. The summed E-state index contributed by atoms with van der Waals surface area (Å²) in [6, 6.07) is 50.7. The monoisotopic (exact) mass is 560 g/mol. The van der Waals surface area contributed by atoms with Crippen LogP contribution in [0, 0.1) is 17.9 Å². The van der Waals surface area contributed by atoms with E-state index in [1.54, 1.807) is 6.07 Å². The second-order valence-corrected chi connectivity index (χ2v) is 10.5. The van der Waals surface area contributed by atoms with Crippen molar-refractivity contribution >= 4 is 16.5 Å². The first kappa shape index (κ1) is 26.5. The molecule has 0 saturated carbocycles. The number of aromatic nitrogens is 2. The normalized spacial score (nSPS) is 10.7. The summed E-state index contributed by atoms with van der Waals surface area (Å²) >= 11 is 0. The highest BCUT2D eigenvalue weighted by molar-refractivity contribution is 6.04. The molecule has 0 N–H and O–H groups in total. The number of fused-ring (bicyclic) bond motifs is 1. The van der Waals surface area contributed by atoms with Gasteiger partial charge in [0, 0.05) is 22.3 Å². The number of nitriles is 1. The molecule has 0 bridgehead atoms. The molecule has 6 aromatic carbocycles. The third kappa shape index (κ3) is 5.09. The van der Waals surface area contributed by atoms with E-state index in [9.17, 15) is 5.26 Å². The van der Waals surface area contributed by atoms with Crippen LogP contribution in [-0.2, 0) is 0 Å². The smallest absolute Gasteiger partial charge is 0.189 e. The number of rotatable bonds is 5. The van der Waals surface area contributed by atoms with Crippen LogP contribution in [0.1, 0.15) is 5.56 Å². The fourth-order valence-electron chi connectivity index (χ4n) is 5.60. The first-order valence-corrected chi connectivity index (χ1v) is 14.3. The molecule has 0 aliphatic carbocycles. The van der Waals surface area contributed by atoms with E-state index in [0.717, 1.165) is 61.1 Å². The molecule has 4 nitrogen and oxygen atoms in total. The first-order chi connectivity index (χ1) is 21.7. The second-order valence-electron chi connectivity index (χ2n) is 10.5. The Kier molecular flexibility index (Phi) is 6.93. The molecule has 7 rings (SSSR count). The van der Waals surface area contributed by atoms with Crippen molar-refractivity contribution < 1.29 is 0 Å². The van der Waals surface area contributed by atoms with Gasteiger partial charge in [0.2, 0.25) is 0 Å². The first-order valence-electron chi connectivity index (χ1n) is 14.3. The Labute approximate surface area is 256 Å². The van der Waals surface area contributed by atoms with E-state index in [0.29, 0.717) is 17.1 Å². The highest BCUT2D eigenvalue weighted by atomic mass is 14.9. The average molecular weight is 561 g/mol. The van der Waals surface area contributed by atoms with Crippen LogP contribution in [-0.4, -0.2) is 9.97 Å². The van der Waals surface area contributed by atoms with E-state index < -0.39 is 0 Å².